The number of carbonyl (C=O) groups is 2. The van der Waals surface area contributed by atoms with Crippen LogP contribution in [0.3, 0.4) is 0 Å². The molecule has 5 nitrogen and oxygen atoms in total. The van der Waals surface area contributed by atoms with Crippen LogP contribution < -0.4 is 11.1 Å². The zero-order valence-electron chi connectivity index (χ0n) is 8.74. The smallest absolute Gasteiger partial charge is 0.251 e. The van der Waals surface area contributed by atoms with Crippen molar-refractivity contribution in [3.63, 3.8) is 0 Å². The molecule has 16 heavy (non-hydrogen) atoms. The number of amides is 2. The van der Waals surface area contributed by atoms with E-state index in [-0.39, 0.29) is 18.0 Å². The number of nitrogens with zero attached hydrogens (tertiary/aromatic N) is 1. The van der Waals surface area contributed by atoms with Crippen LogP contribution in [0.15, 0.2) is 18.3 Å². The van der Waals surface area contributed by atoms with E-state index in [4.69, 9.17) is 5.73 Å². The lowest BCUT2D eigenvalue weighted by Gasteiger charge is -2.11. The second-order valence-corrected chi connectivity index (χ2v) is 3.41. The average Bonchev–Trinajstić information content (AvgIpc) is 2.16. The first-order valence-electron chi connectivity index (χ1n) is 4.69. The van der Waals surface area contributed by atoms with E-state index >= 15 is 0 Å². The molecule has 86 valence electrons. The summed E-state index contributed by atoms with van der Waals surface area (Å²) in [6, 6.07) is 2.02. The quantitative estimate of drug-likeness (QED) is 0.718. The summed E-state index contributed by atoms with van der Waals surface area (Å²) in [5.74, 6) is -1.70. The van der Waals surface area contributed by atoms with Crippen molar-refractivity contribution in [2.24, 2.45) is 5.73 Å². The molecule has 1 aromatic rings. The first-order valence-corrected chi connectivity index (χ1v) is 4.69. The van der Waals surface area contributed by atoms with Gasteiger partial charge in [0, 0.05) is 30.3 Å². The summed E-state index contributed by atoms with van der Waals surface area (Å²) < 4.78 is 12.7. The molecule has 0 bridgehead atoms. The Kier molecular flexibility index (Phi) is 3.93. The molecule has 0 saturated carbocycles. The Labute approximate surface area is 91.9 Å². The zero-order chi connectivity index (χ0) is 12.1. The van der Waals surface area contributed by atoms with Crippen molar-refractivity contribution in [1.82, 2.24) is 10.3 Å². The van der Waals surface area contributed by atoms with Crippen LogP contribution in [0, 0.1) is 5.95 Å². The van der Waals surface area contributed by atoms with Crippen molar-refractivity contribution < 1.29 is 14.0 Å². The van der Waals surface area contributed by atoms with Crippen LogP contribution >= 0.6 is 0 Å². The summed E-state index contributed by atoms with van der Waals surface area (Å²) in [6.45, 7) is 1.64. The number of carbonyl (C=O) groups excluding carboxylic acids is 2. The lowest BCUT2D eigenvalue weighted by molar-refractivity contribution is -0.118. The molecule has 0 saturated heterocycles. The first kappa shape index (κ1) is 12.1. The van der Waals surface area contributed by atoms with E-state index in [1.165, 1.54) is 12.3 Å². The SMILES string of the molecule is CC(CC(N)=O)NC(=O)c1ccnc(F)c1. The van der Waals surface area contributed by atoms with Gasteiger partial charge in [0.05, 0.1) is 0 Å². The summed E-state index contributed by atoms with van der Waals surface area (Å²) in [7, 11) is 0. The molecule has 3 N–H and O–H groups in total. The molecule has 0 aromatic carbocycles. The number of nitrogens with one attached hydrogen (secondary N) is 1. The number of rotatable bonds is 4. The molecule has 1 unspecified atom stereocenters. The van der Waals surface area contributed by atoms with Crippen molar-refractivity contribution in [3.05, 3.63) is 29.8 Å². The number of hydrogen-bond acceptors (Lipinski definition) is 3. The van der Waals surface area contributed by atoms with Gasteiger partial charge in [-0.25, -0.2) is 4.98 Å². The van der Waals surface area contributed by atoms with Gasteiger partial charge in [0.2, 0.25) is 11.9 Å². The van der Waals surface area contributed by atoms with Crippen LogP contribution in [0.5, 0.6) is 0 Å². The largest absolute Gasteiger partial charge is 0.370 e. The molecule has 0 aliphatic carbocycles. The van der Waals surface area contributed by atoms with Gasteiger partial charge in [-0.15, -0.1) is 0 Å². The minimum atomic E-state index is -0.727. The van der Waals surface area contributed by atoms with Crippen molar-refractivity contribution in [2.75, 3.05) is 0 Å². The van der Waals surface area contributed by atoms with Gasteiger partial charge in [-0.3, -0.25) is 9.59 Å². The maximum Gasteiger partial charge on any atom is 0.251 e. The molecular formula is C10H12FN3O2. The second kappa shape index (κ2) is 5.20. The topological polar surface area (TPSA) is 85.1 Å². The van der Waals surface area contributed by atoms with Gasteiger partial charge in [0.1, 0.15) is 0 Å². The van der Waals surface area contributed by atoms with Crippen LogP contribution in [0.25, 0.3) is 0 Å². The fourth-order valence-electron chi connectivity index (χ4n) is 1.20. The summed E-state index contributed by atoms with van der Waals surface area (Å²) >= 11 is 0. The van der Waals surface area contributed by atoms with E-state index < -0.39 is 17.8 Å². The van der Waals surface area contributed by atoms with Crippen LogP contribution in [-0.2, 0) is 4.79 Å². The third-order valence-corrected chi connectivity index (χ3v) is 1.87. The molecular weight excluding hydrogens is 213 g/mol. The van der Waals surface area contributed by atoms with Gasteiger partial charge in [-0.1, -0.05) is 0 Å². The van der Waals surface area contributed by atoms with Crippen molar-refractivity contribution in [2.45, 2.75) is 19.4 Å². The van der Waals surface area contributed by atoms with Gasteiger partial charge < -0.3 is 11.1 Å². The highest BCUT2D eigenvalue weighted by Crippen LogP contribution is 2.01. The monoisotopic (exact) mass is 225 g/mol. The number of pyridine rings is 1. The molecule has 0 radical (unpaired) electrons. The number of aromatic nitrogens is 1. The third-order valence-electron chi connectivity index (χ3n) is 1.87. The van der Waals surface area contributed by atoms with Crippen LogP contribution in [-0.4, -0.2) is 22.8 Å². The normalized spacial score (nSPS) is 11.9. The van der Waals surface area contributed by atoms with E-state index in [9.17, 15) is 14.0 Å². The highest BCUT2D eigenvalue weighted by Gasteiger charge is 2.12. The summed E-state index contributed by atoms with van der Waals surface area (Å²) in [5, 5.41) is 2.52. The van der Waals surface area contributed by atoms with Crippen LogP contribution in [0.4, 0.5) is 4.39 Å². The Morgan fingerprint density at radius 1 is 1.62 bits per heavy atom. The van der Waals surface area contributed by atoms with E-state index in [0.29, 0.717) is 0 Å². The van der Waals surface area contributed by atoms with Crippen molar-refractivity contribution >= 4 is 11.8 Å². The van der Waals surface area contributed by atoms with E-state index in [1.807, 2.05) is 0 Å². The Hall–Kier alpha value is -1.98. The Bertz CT molecular complexity index is 409. The zero-order valence-corrected chi connectivity index (χ0v) is 8.74. The molecule has 1 rings (SSSR count). The lowest BCUT2D eigenvalue weighted by Crippen LogP contribution is -2.35. The van der Waals surface area contributed by atoms with Gasteiger partial charge >= 0.3 is 0 Å². The van der Waals surface area contributed by atoms with E-state index in [1.54, 1.807) is 6.92 Å². The highest BCUT2D eigenvalue weighted by molar-refractivity contribution is 5.94. The Morgan fingerprint density at radius 2 is 2.31 bits per heavy atom. The van der Waals surface area contributed by atoms with Crippen LogP contribution in [0.2, 0.25) is 0 Å². The fraction of sp³-hybridized carbons (Fsp3) is 0.300. The Morgan fingerprint density at radius 3 is 2.88 bits per heavy atom. The molecule has 0 aliphatic heterocycles. The molecule has 1 aromatic heterocycles. The lowest BCUT2D eigenvalue weighted by atomic mass is 10.2. The highest BCUT2D eigenvalue weighted by atomic mass is 19.1. The number of hydrogen-bond donors (Lipinski definition) is 2. The molecule has 2 amide bonds. The molecule has 0 fully saturated rings. The molecule has 1 heterocycles. The van der Waals surface area contributed by atoms with Gasteiger partial charge in [-0.2, -0.15) is 4.39 Å². The average molecular weight is 225 g/mol. The van der Waals surface area contributed by atoms with Crippen molar-refractivity contribution in [1.29, 1.82) is 0 Å². The molecule has 1 atom stereocenters. The minimum Gasteiger partial charge on any atom is -0.370 e. The number of halogens is 1. The fourth-order valence-corrected chi connectivity index (χ4v) is 1.20. The predicted molar refractivity (Wildman–Crippen MR) is 54.9 cm³/mol. The maximum atomic E-state index is 12.7. The minimum absolute atomic E-state index is 0.0410. The van der Waals surface area contributed by atoms with Gasteiger partial charge in [0.15, 0.2) is 0 Å². The van der Waals surface area contributed by atoms with E-state index in [0.717, 1.165) is 6.07 Å². The number of primary amides is 1. The predicted octanol–water partition coefficient (Wildman–Crippen LogP) is 0.214. The molecule has 0 aliphatic rings. The van der Waals surface area contributed by atoms with Gasteiger partial charge in [0.25, 0.3) is 5.91 Å². The maximum absolute atomic E-state index is 12.7. The standard InChI is InChI=1S/C10H12FN3O2/c1-6(4-9(12)15)14-10(16)7-2-3-13-8(11)5-7/h2-3,5-6H,4H2,1H3,(H2,12,15)(H,14,16). The van der Waals surface area contributed by atoms with Crippen molar-refractivity contribution in [3.8, 4) is 0 Å². The molecule has 6 heteroatoms. The number of nitrogens with two attached hydrogens (primary N) is 1. The first-order chi connectivity index (χ1) is 7.49. The summed E-state index contributed by atoms with van der Waals surface area (Å²) in [4.78, 5) is 25.4. The summed E-state index contributed by atoms with van der Waals surface area (Å²) in [6.07, 6.45) is 1.24. The Balaban J connectivity index is 2.62. The van der Waals surface area contributed by atoms with E-state index in [2.05, 4.69) is 10.3 Å². The summed E-state index contributed by atoms with van der Waals surface area (Å²) in [5.41, 5.74) is 5.13. The van der Waals surface area contributed by atoms with Crippen LogP contribution in [0.1, 0.15) is 23.7 Å². The molecule has 0 spiro atoms. The van der Waals surface area contributed by atoms with Gasteiger partial charge in [-0.05, 0) is 13.0 Å². The second-order valence-electron chi connectivity index (χ2n) is 3.41. The third kappa shape index (κ3) is 3.64.